The number of hydrogen-bond donors (Lipinski definition) is 2. The molecule has 10 heteroatoms. The predicted octanol–water partition coefficient (Wildman–Crippen LogP) is 2.13. The van der Waals surface area contributed by atoms with Gasteiger partial charge in [-0.25, -0.2) is 9.97 Å². The fourth-order valence-electron chi connectivity index (χ4n) is 3.44. The topological polar surface area (TPSA) is 118 Å². The zero-order chi connectivity index (χ0) is 20.9. The average molecular weight is 409 g/mol. The van der Waals surface area contributed by atoms with Crippen molar-refractivity contribution in [1.29, 1.82) is 0 Å². The molecule has 0 unspecified atom stereocenters. The van der Waals surface area contributed by atoms with Gasteiger partial charge in [-0.3, -0.25) is 15.2 Å². The first-order chi connectivity index (χ1) is 14.7. The van der Waals surface area contributed by atoms with Gasteiger partial charge in [-0.15, -0.1) is 5.10 Å². The van der Waals surface area contributed by atoms with Gasteiger partial charge in [-0.1, -0.05) is 0 Å². The van der Waals surface area contributed by atoms with Crippen molar-refractivity contribution in [3.8, 4) is 22.9 Å². The van der Waals surface area contributed by atoms with Gasteiger partial charge in [0.1, 0.15) is 11.5 Å². The zero-order valence-electron chi connectivity index (χ0n) is 16.8. The van der Waals surface area contributed by atoms with Crippen molar-refractivity contribution in [2.24, 2.45) is 5.92 Å². The highest BCUT2D eigenvalue weighted by molar-refractivity contribution is 5.91. The number of ether oxygens (including phenoxy) is 2. The second-order valence-electron chi connectivity index (χ2n) is 6.87. The molecule has 0 bridgehead atoms. The van der Waals surface area contributed by atoms with Gasteiger partial charge in [0.05, 0.1) is 19.8 Å². The monoisotopic (exact) mass is 409 g/mol. The minimum atomic E-state index is -0.109. The third-order valence-corrected chi connectivity index (χ3v) is 5.08. The third kappa shape index (κ3) is 4.17. The summed E-state index contributed by atoms with van der Waals surface area (Å²) >= 11 is 0. The van der Waals surface area contributed by atoms with Crippen LogP contribution in [0.4, 0.5) is 11.9 Å². The number of nitrogens with one attached hydrogen (secondary N) is 2. The number of carbonyl (C=O) groups excluding carboxylic acids is 1. The lowest BCUT2D eigenvalue weighted by atomic mass is 9.96. The molecule has 4 rings (SSSR count). The van der Waals surface area contributed by atoms with E-state index >= 15 is 0 Å². The molecule has 0 radical (unpaired) electrons. The maximum atomic E-state index is 12.7. The minimum Gasteiger partial charge on any atom is -0.497 e. The van der Waals surface area contributed by atoms with Crippen LogP contribution in [0.15, 0.2) is 36.7 Å². The van der Waals surface area contributed by atoms with Gasteiger partial charge < -0.3 is 14.4 Å². The molecule has 30 heavy (non-hydrogen) atoms. The molecule has 3 heterocycles. The average Bonchev–Trinajstić information content (AvgIpc) is 3.27. The van der Waals surface area contributed by atoms with Crippen LogP contribution in [0, 0.1) is 5.92 Å². The van der Waals surface area contributed by atoms with Crippen LogP contribution in [-0.2, 0) is 4.79 Å². The second kappa shape index (κ2) is 8.76. The number of nitrogens with zero attached hydrogens (tertiary/aromatic N) is 5. The van der Waals surface area contributed by atoms with E-state index in [1.54, 1.807) is 38.7 Å². The molecule has 3 aromatic rings. The first-order valence-corrected chi connectivity index (χ1v) is 9.65. The van der Waals surface area contributed by atoms with E-state index in [1.165, 1.54) is 0 Å². The Balaban J connectivity index is 1.38. The minimum absolute atomic E-state index is 0.0872. The number of hydrogen-bond acceptors (Lipinski definition) is 8. The highest BCUT2D eigenvalue weighted by atomic mass is 16.5. The number of amides is 1. The van der Waals surface area contributed by atoms with Gasteiger partial charge in [-0.05, 0) is 31.0 Å². The number of rotatable bonds is 6. The Labute approximate surface area is 173 Å². The first kappa shape index (κ1) is 19.6. The summed E-state index contributed by atoms with van der Waals surface area (Å²) in [6.07, 6.45) is 4.88. The van der Waals surface area contributed by atoms with Crippen molar-refractivity contribution in [3.05, 3.63) is 36.7 Å². The van der Waals surface area contributed by atoms with Crippen LogP contribution >= 0.6 is 0 Å². The summed E-state index contributed by atoms with van der Waals surface area (Å²) in [6, 6.07) is 7.19. The molecule has 0 atom stereocenters. The van der Waals surface area contributed by atoms with Crippen LogP contribution < -0.4 is 19.7 Å². The summed E-state index contributed by atoms with van der Waals surface area (Å²) in [4.78, 5) is 27.7. The zero-order valence-corrected chi connectivity index (χ0v) is 16.8. The van der Waals surface area contributed by atoms with Crippen molar-refractivity contribution in [1.82, 2.24) is 25.1 Å². The molecule has 1 saturated heterocycles. The highest BCUT2D eigenvalue weighted by Crippen LogP contribution is 2.31. The van der Waals surface area contributed by atoms with Crippen LogP contribution in [0.2, 0.25) is 0 Å². The summed E-state index contributed by atoms with van der Waals surface area (Å²) in [7, 11) is 3.16. The van der Waals surface area contributed by atoms with Gasteiger partial charge in [0.2, 0.25) is 17.8 Å². The number of aromatic nitrogens is 5. The first-order valence-electron chi connectivity index (χ1n) is 9.65. The molecule has 0 aliphatic carbocycles. The lowest BCUT2D eigenvalue weighted by Crippen LogP contribution is -2.39. The van der Waals surface area contributed by atoms with E-state index in [4.69, 9.17) is 9.47 Å². The Morgan fingerprint density at radius 2 is 1.93 bits per heavy atom. The van der Waals surface area contributed by atoms with Gasteiger partial charge in [0, 0.05) is 37.5 Å². The van der Waals surface area contributed by atoms with Gasteiger partial charge >= 0.3 is 0 Å². The number of anilines is 2. The third-order valence-electron chi connectivity index (χ3n) is 5.08. The van der Waals surface area contributed by atoms with E-state index in [2.05, 4.69) is 35.4 Å². The molecule has 1 aromatic carbocycles. The molecule has 1 aliphatic rings. The molecule has 156 valence electrons. The standard InChI is InChI=1S/C20H23N7O3/c1-29-14-4-5-15(16(12-14)30-2)17-23-19(26-25-17)24-18(28)13-6-10-27(11-7-13)20-21-8-3-9-22-20/h3-5,8-9,12-13H,6-7,10-11H2,1-2H3,(H2,23,24,25,26,28). The van der Waals surface area contributed by atoms with E-state index in [1.807, 2.05) is 12.1 Å². The van der Waals surface area contributed by atoms with Crippen LogP contribution in [0.1, 0.15) is 12.8 Å². The van der Waals surface area contributed by atoms with E-state index < -0.39 is 0 Å². The predicted molar refractivity (Wildman–Crippen MR) is 111 cm³/mol. The van der Waals surface area contributed by atoms with Crippen molar-refractivity contribution >= 4 is 17.8 Å². The van der Waals surface area contributed by atoms with E-state index in [0.29, 0.717) is 36.1 Å². The summed E-state index contributed by atoms with van der Waals surface area (Å²) in [5, 5.41) is 9.78. The second-order valence-corrected chi connectivity index (χ2v) is 6.87. The van der Waals surface area contributed by atoms with Crippen molar-refractivity contribution < 1.29 is 14.3 Å². The Bertz CT molecular complexity index is 1000. The molecule has 2 N–H and O–H groups in total. The summed E-state index contributed by atoms with van der Waals surface area (Å²) in [5.74, 6) is 2.51. The number of piperidine rings is 1. The Morgan fingerprint density at radius 3 is 2.63 bits per heavy atom. The molecule has 2 aromatic heterocycles. The van der Waals surface area contributed by atoms with Gasteiger partial charge in [0.15, 0.2) is 5.82 Å². The van der Waals surface area contributed by atoms with Gasteiger partial charge in [-0.2, -0.15) is 4.98 Å². The molecular formula is C20H23N7O3. The van der Waals surface area contributed by atoms with E-state index in [-0.39, 0.29) is 17.8 Å². The summed E-state index contributed by atoms with van der Waals surface area (Å²) in [6.45, 7) is 1.45. The molecule has 1 fully saturated rings. The highest BCUT2D eigenvalue weighted by Gasteiger charge is 2.27. The Morgan fingerprint density at radius 1 is 1.17 bits per heavy atom. The van der Waals surface area contributed by atoms with Crippen LogP contribution in [-0.4, -0.2) is 58.4 Å². The number of H-pyrrole nitrogens is 1. The Hall–Kier alpha value is -3.69. The lowest BCUT2D eigenvalue weighted by molar-refractivity contribution is -0.120. The van der Waals surface area contributed by atoms with Crippen molar-refractivity contribution in [3.63, 3.8) is 0 Å². The molecule has 10 nitrogen and oxygen atoms in total. The number of carbonyl (C=O) groups is 1. The normalized spacial score (nSPS) is 14.4. The van der Waals surface area contributed by atoms with Crippen LogP contribution in [0.5, 0.6) is 11.5 Å². The molecule has 1 aliphatic heterocycles. The fraction of sp³-hybridized carbons (Fsp3) is 0.350. The van der Waals surface area contributed by atoms with Gasteiger partial charge in [0.25, 0.3) is 0 Å². The summed E-state index contributed by atoms with van der Waals surface area (Å²) < 4.78 is 10.6. The van der Waals surface area contributed by atoms with Crippen LogP contribution in [0.3, 0.4) is 0 Å². The van der Waals surface area contributed by atoms with Crippen molar-refractivity contribution in [2.45, 2.75) is 12.8 Å². The fourth-order valence-corrected chi connectivity index (χ4v) is 3.44. The lowest BCUT2D eigenvalue weighted by Gasteiger charge is -2.30. The quantitative estimate of drug-likeness (QED) is 0.636. The van der Waals surface area contributed by atoms with E-state index in [9.17, 15) is 4.79 Å². The number of methoxy groups -OCH3 is 2. The Kier molecular flexibility index (Phi) is 5.73. The van der Waals surface area contributed by atoms with Crippen LogP contribution in [0.25, 0.3) is 11.4 Å². The molecule has 0 spiro atoms. The smallest absolute Gasteiger partial charge is 0.249 e. The summed E-state index contributed by atoms with van der Waals surface area (Å²) in [5.41, 5.74) is 0.725. The van der Waals surface area contributed by atoms with E-state index in [0.717, 1.165) is 18.7 Å². The molecule has 1 amide bonds. The largest absolute Gasteiger partial charge is 0.497 e. The SMILES string of the molecule is COc1ccc(-c2nc(NC(=O)C3CCN(c4ncccn4)CC3)n[nH]2)c(OC)c1. The molecular weight excluding hydrogens is 386 g/mol. The number of aromatic amines is 1. The maximum Gasteiger partial charge on any atom is 0.249 e. The maximum absolute atomic E-state index is 12.7. The van der Waals surface area contributed by atoms with Crippen molar-refractivity contribution in [2.75, 3.05) is 37.5 Å². The molecule has 0 saturated carbocycles. The number of benzene rings is 1.